The normalized spacial score (nSPS) is 10.4. The second-order valence-corrected chi connectivity index (χ2v) is 6.23. The number of fused-ring (bicyclic) bond motifs is 2. The van der Waals surface area contributed by atoms with E-state index in [2.05, 4.69) is 47.2 Å². The Bertz CT molecular complexity index is 954. The highest BCUT2D eigenvalue weighted by atomic mass is 35.5. The molecule has 1 N–H and O–H groups in total. The van der Waals surface area contributed by atoms with Gasteiger partial charge in [0.15, 0.2) is 5.16 Å². The van der Waals surface area contributed by atoms with Crippen LogP contribution in [0, 0.1) is 6.92 Å². The molecule has 0 radical (unpaired) electrons. The molecule has 0 aliphatic carbocycles. The topological polar surface area (TPSA) is 41.6 Å². The second-order valence-electron chi connectivity index (χ2n) is 5.27. The summed E-state index contributed by atoms with van der Waals surface area (Å²) in [6.45, 7) is 2.14. The Hall–Kier alpha value is -1.75. The number of hydrogen-bond donors (Lipinski definition) is 1. The number of halogens is 2. The van der Waals surface area contributed by atoms with Crippen LogP contribution < -0.4 is 0 Å². The molecule has 124 valence electrons. The van der Waals surface area contributed by atoms with E-state index < -0.39 is 0 Å². The van der Waals surface area contributed by atoms with Crippen LogP contribution in [-0.4, -0.2) is 15.0 Å². The van der Waals surface area contributed by atoms with Crippen LogP contribution in [-0.2, 0) is 5.75 Å². The Morgan fingerprint density at radius 1 is 1.04 bits per heavy atom. The minimum Gasteiger partial charge on any atom is -0.333 e. The van der Waals surface area contributed by atoms with Gasteiger partial charge in [0.05, 0.1) is 16.7 Å². The maximum atomic E-state index is 4.76. The van der Waals surface area contributed by atoms with Crippen molar-refractivity contribution in [1.82, 2.24) is 15.0 Å². The summed E-state index contributed by atoms with van der Waals surface area (Å²) in [5.74, 6) is 0.819. The highest BCUT2D eigenvalue weighted by molar-refractivity contribution is 7.98. The number of benzene rings is 2. The van der Waals surface area contributed by atoms with E-state index in [4.69, 9.17) is 4.98 Å². The number of nitrogens with one attached hydrogen (secondary N) is 1. The summed E-state index contributed by atoms with van der Waals surface area (Å²) in [7, 11) is 0. The molecule has 0 aliphatic heterocycles. The lowest BCUT2D eigenvalue weighted by Crippen LogP contribution is -1.85. The smallest absolute Gasteiger partial charge is 0.166 e. The molecular weight excluding hydrogens is 361 g/mol. The van der Waals surface area contributed by atoms with Gasteiger partial charge in [0.1, 0.15) is 0 Å². The standard InChI is InChI=1S/C18H15N3S.2ClH/c1-12-15-8-3-2-6-13(15)10-16-17(12)21-18(20-16)22-11-14-7-4-5-9-19-14;;/h2-10H,11H2,1H3,(H,20,21);2*1H. The van der Waals surface area contributed by atoms with Crippen LogP contribution in [0.15, 0.2) is 59.9 Å². The first-order valence-corrected chi connectivity index (χ1v) is 8.20. The van der Waals surface area contributed by atoms with Crippen molar-refractivity contribution in [2.45, 2.75) is 17.8 Å². The maximum Gasteiger partial charge on any atom is 0.166 e. The van der Waals surface area contributed by atoms with E-state index in [0.717, 1.165) is 27.6 Å². The molecule has 0 atom stereocenters. The molecule has 0 amide bonds. The lowest BCUT2D eigenvalue weighted by molar-refractivity contribution is 1.07. The van der Waals surface area contributed by atoms with Gasteiger partial charge in [-0.05, 0) is 41.5 Å². The Morgan fingerprint density at radius 3 is 2.62 bits per heavy atom. The van der Waals surface area contributed by atoms with Gasteiger partial charge in [0, 0.05) is 11.9 Å². The maximum absolute atomic E-state index is 4.76. The average molecular weight is 378 g/mol. The number of thioether (sulfide) groups is 1. The molecule has 4 rings (SSSR count). The van der Waals surface area contributed by atoms with Crippen LogP contribution >= 0.6 is 36.6 Å². The van der Waals surface area contributed by atoms with Crippen LogP contribution in [0.5, 0.6) is 0 Å². The van der Waals surface area contributed by atoms with Crippen LogP contribution in [0.2, 0.25) is 0 Å². The number of pyridine rings is 1. The van der Waals surface area contributed by atoms with Crippen LogP contribution in [0.3, 0.4) is 0 Å². The first-order valence-electron chi connectivity index (χ1n) is 7.22. The van der Waals surface area contributed by atoms with Gasteiger partial charge in [0.25, 0.3) is 0 Å². The van der Waals surface area contributed by atoms with E-state index in [9.17, 15) is 0 Å². The number of aryl methyl sites for hydroxylation is 1. The summed E-state index contributed by atoms with van der Waals surface area (Å²) >= 11 is 1.69. The quantitative estimate of drug-likeness (QED) is 0.475. The Labute approximate surface area is 157 Å². The van der Waals surface area contributed by atoms with E-state index in [-0.39, 0.29) is 24.8 Å². The molecule has 2 heterocycles. The molecule has 3 nitrogen and oxygen atoms in total. The van der Waals surface area contributed by atoms with Gasteiger partial charge in [-0.3, -0.25) is 4.98 Å². The number of aromatic nitrogens is 3. The van der Waals surface area contributed by atoms with Crippen molar-refractivity contribution in [2.75, 3.05) is 0 Å². The lowest BCUT2D eigenvalue weighted by atomic mass is 10.0. The van der Waals surface area contributed by atoms with Crippen LogP contribution in [0.25, 0.3) is 21.8 Å². The highest BCUT2D eigenvalue weighted by Crippen LogP contribution is 2.29. The highest BCUT2D eigenvalue weighted by Gasteiger charge is 2.09. The molecule has 24 heavy (non-hydrogen) atoms. The number of imidazole rings is 1. The summed E-state index contributed by atoms with van der Waals surface area (Å²) in [4.78, 5) is 12.5. The van der Waals surface area contributed by atoms with Gasteiger partial charge in [-0.25, -0.2) is 4.98 Å². The number of H-pyrrole nitrogens is 1. The minimum absolute atomic E-state index is 0. The number of nitrogens with zero attached hydrogens (tertiary/aromatic N) is 2. The van der Waals surface area contributed by atoms with Gasteiger partial charge in [0.2, 0.25) is 0 Å². The third kappa shape index (κ3) is 3.51. The SMILES string of the molecule is Cc1c2ccccc2cc2[nH]c(SCc3ccccn3)nc12.Cl.Cl. The molecule has 6 heteroatoms. The summed E-state index contributed by atoms with van der Waals surface area (Å²) < 4.78 is 0. The third-order valence-corrected chi connectivity index (χ3v) is 4.72. The first kappa shape index (κ1) is 18.6. The van der Waals surface area contributed by atoms with Gasteiger partial charge in [-0.15, -0.1) is 24.8 Å². The lowest BCUT2D eigenvalue weighted by Gasteiger charge is -2.02. The summed E-state index contributed by atoms with van der Waals surface area (Å²) in [5.41, 5.74) is 4.45. The van der Waals surface area contributed by atoms with Gasteiger partial charge < -0.3 is 4.98 Å². The fourth-order valence-corrected chi connectivity index (χ4v) is 3.49. The van der Waals surface area contributed by atoms with Gasteiger partial charge >= 0.3 is 0 Å². The van der Waals surface area contributed by atoms with E-state index in [0.29, 0.717) is 0 Å². The van der Waals surface area contributed by atoms with Crippen molar-refractivity contribution < 1.29 is 0 Å². The zero-order valence-corrected chi connectivity index (χ0v) is 15.5. The molecule has 0 bridgehead atoms. The summed E-state index contributed by atoms with van der Waals surface area (Å²) in [5, 5.41) is 3.46. The second kappa shape index (κ2) is 7.88. The third-order valence-electron chi connectivity index (χ3n) is 3.81. The fourth-order valence-electron chi connectivity index (χ4n) is 2.70. The molecule has 2 aromatic heterocycles. The van der Waals surface area contributed by atoms with E-state index in [1.54, 1.807) is 11.8 Å². The molecule has 0 saturated heterocycles. The van der Waals surface area contributed by atoms with Gasteiger partial charge in [-0.1, -0.05) is 42.1 Å². The van der Waals surface area contributed by atoms with Crippen LogP contribution in [0.1, 0.15) is 11.3 Å². The van der Waals surface area contributed by atoms with Crippen molar-refractivity contribution in [2.24, 2.45) is 0 Å². The zero-order chi connectivity index (χ0) is 14.9. The van der Waals surface area contributed by atoms with Crippen molar-refractivity contribution >= 4 is 58.4 Å². The summed E-state index contributed by atoms with van der Waals surface area (Å²) in [6, 6.07) is 16.6. The molecule has 2 aromatic carbocycles. The van der Waals surface area contributed by atoms with Gasteiger partial charge in [-0.2, -0.15) is 0 Å². The first-order chi connectivity index (χ1) is 10.8. The van der Waals surface area contributed by atoms with Crippen molar-refractivity contribution in [3.63, 3.8) is 0 Å². The zero-order valence-electron chi connectivity index (χ0n) is 13.0. The fraction of sp³-hybridized carbons (Fsp3) is 0.111. The largest absolute Gasteiger partial charge is 0.333 e. The van der Waals surface area contributed by atoms with Crippen molar-refractivity contribution in [3.8, 4) is 0 Å². The minimum atomic E-state index is 0. The monoisotopic (exact) mass is 377 g/mol. The van der Waals surface area contributed by atoms with Crippen molar-refractivity contribution in [1.29, 1.82) is 0 Å². The predicted molar refractivity (Wildman–Crippen MR) is 107 cm³/mol. The number of rotatable bonds is 3. The van der Waals surface area contributed by atoms with E-state index >= 15 is 0 Å². The molecule has 0 fully saturated rings. The number of hydrogen-bond acceptors (Lipinski definition) is 3. The Morgan fingerprint density at radius 2 is 1.83 bits per heavy atom. The molecule has 4 aromatic rings. The Kier molecular flexibility index (Phi) is 6.10. The van der Waals surface area contributed by atoms with Crippen molar-refractivity contribution in [3.05, 3.63) is 66.0 Å². The molecular formula is C18H17Cl2N3S. The summed E-state index contributed by atoms with van der Waals surface area (Å²) in [6.07, 6.45) is 1.82. The number of aromatic amines is 1. The Balaban J connectivity index is 0.00000104. The average Bonchev–Trinajstić information content (AvgIpc) is 2.97. The van der Waals surface area contributed by atoms with E-state index in [1.165, 1.54) is 16.3 Å². The van der Waals surface area contributed by atoms with Crippen LogP contribution in [0.4, 0.5) is 0 Å². The van der Waals surface area contributed by atoms with E-state index in [1.807, 2.05) is 24.4 Å². The molecule has 0 spiro atoms. The molecule has 0 unspecified atom stereocenters. The molecule has 0 saturated carbocycles. The molecule has 0 aliphatic rings. The predicted octanol–water partition coefficient (Wildman–Crippen LogP) is 5.56.